The second-order valence-electron chi connectivity index (χ2n) is 7.56. The number of benzene rings is 2. The highest BCUT2D eigenvalue weighted by Gasteiger charge is 2.28. The SMILES string of the molecule is COc1cccc(-c2nn(-c3ccc(F)cc3)cc2C(=O)N2CC[NH+](CCO)CC2)c1. The zero-order valence-electron chi connectivity index (χ0n) is 17.4. The minimum Gasteiger partial charge on any atom is -0.497 e. The fourth-order valence-electron chi connectivity index (χ4n) is 3.84. The zero-order valence-corrected chi connectivity index (χ0v) is 17.4. The van der Waals surface area contributed by atoms with Gasteiger partial charge in [0.15, 0.2) is 0 Å². The van der Waals surface area contributed by atoms with Crippen LogP contribution in [-0.4, -0.2) is 72.1 Å². The molecule has 1 fully saturated rings. The van der Waals surface area contributed by atoms with Crippen molar-refractivity contribution < 1.29 is 23.9 Å². The van der Waals surface area contributed by atoms with E-state index in [0.29, 0.717) is 42.3 Å². The summed E-state index contributed by atoms with van der Waals surface area (Å²) in [6, 6.07) is 13.4. The van der Waals surface area contributed by atoms with Crippen molar-refractivity contribution in [1.82, 2.24) is 14.7 Å². The van der Waals surface area contributed by atoms with Crippen LogP contribution in [-0.2, 0) is 0 Å². The Hall–Kier alpha value is -3.23. The average molecular weight is 425 g/mol. The molecule has 0 radical (unpaired) electrons. The van der Waals surface area contributed by atoms with Gasteiger partial charge < -0.3 is 19.6 Å². The lowest BCUT2D eigenvalue weighted by atomic mass is 10.1. The summed E-state index contributed by atoms with van der Waals surface area (Å²) in [7, 11) is 1.59. The van der Waals surface area contributed by atoms with Crippen LogP contribution in [0.1, 0.15) is 10.4 Å². The summed E-state index contributed by atoms with van der Waals surface area (Å²) >= 11 is 0. The quantitative estimate of drug-likeness (QED) is 0.619. The average Bonchev–Trinajstić information content (AvgIpc) is 3.25. The summed E-state index contributed by atoms with van der Waals surface area (Å²) in [5.74, 6) is 0.256. The summed E-state index contributed by atoms with van der Waals surface area (Å²) in [4.78, 5) is 16.6. The maximum Gasteiger partial charge on any atom is 0.258 e. The minimum atomic E-state index is -0.330. The number of ether oxygens (including phenoxy) is 1. The number of aliphatic hydroxyl groups excluding tert-OH is 1. The number of quaternary nitrogens is 1. The van der Waals surface area contributed by atoms with Gasteiger partial charge in [-0.2, -0.15) is 5.10 Å². The number of rotatable bonds is 6. The smallest absolute Gasteiger partial charge is 0.258 e. The predicted molar refractivity (Wildman–Crippen MR) is 114 cm³/mol. The van der Waals surface area contributed by atoms with Gasteiger partial charge in [0.05, 0.1) is 51.1 Å². The van der Waals surface area contributed by atoms with Crippen molar-refractivity contribution in [2.75, 3.05) is 46.4 Å². The van der Waals surface area contributed by atoms with E-state index in [-0.39, 0.29) is 18.3 Å². The molecule has 1 aliphatic rings. The third-order valence-electron chi connectivity index (χ3n) is 5.60. The van der Waals surface area contributed by atoms with E-state index in [2.05, 4.69) is 5.10 Å². The van der Waals surface area contributed by atoms with Gasteiger partial charge in [0.25, 0.3) is 5.91 Å². The predicted octanol–water partition coefficient (Wildman–Crippen LogP) is 1.02. The van der Waals surface area contributed by atoms with Crippen LogP contribution in [0.5, 0.6) is 5.75 Å². The molecule has 0 atom stereocenters. The summed E-state index contributed by atoms with van der Waals surface area (Å²) in [6.07, 6.45) is 1.71. The number of nitrogens with zero attached hydrogens (tertiary/aromatic N) is 3. The van der Waals surface area contributed by atoms with Crippen molar-refractivity contribution in [3.8, 4) is 22.7 Å². The van der Waals surface area contributed by atoms with Gasteiger partial charge in [0, 0.05) is 11.8 Å². The number of halogens is 1. The lowest BCUT2D eigenvalue weighted by Gasteiger charge is -2.31. The number of aromatic nitrogens is 2. The highest BCUT2D eigenvalue weighted by Crippen LogP contribution is 2.28. The Balaban J connectivity index is 1.69. The Morgan fingerprint density at radius 2 is 1.94 bits per heavy atom. The fraction of sp³-hybridized carbons (Fsp3) is 0.304. The normalized spacial score (nSPS) is 14.6. The van der Waals surface area contributed by atoms with Crippen LogP contribution in [0.2, 0.25) is 0 Å². The van der Waals surface area contributed by atoms with Gasteiger partial charge in [0.2, 0.25) is 0 Å². The first-order chi connectivity index (χ1) is 15.1. The first-order valence-corrected chi connectivity index (χ1v) is 10.3. The highest BCUT2D eigenvalue weighted by atomic mass is 19.1. The van der Waals surface area contributed by atoms with Gasteiger partial charge in [-0.05, 0) is 36.4 Å². The van der Waals surface area contributed by atoms with E-state index in [4.69, 9.17) is 9.84 Å². The number of amides is 1. The van der Waals surface area contributed by atoms with E-state index in [1.165, 1.54) is 17.0 Å². The van der Waals surface area contributed by atoms with E-state index in [0.717, 1.165) is 18.7 Å². The second kappa shape index (κ2) is 9.28. The van der Waals surface area contributed by atoms with Gasteiger partial charge in [-0.25, -0.2) is 9.07 Å². The third-order valence-corrected chi connectivity index (χ3v) is 5.60. The van der Waals surface area contributed by atoms with Crippen molar-refractivity contribution in [2.45, 2.75) is 0 Å². The highest BCUT2D eigenvalue weighted by molar-refractivity contribution is 6.00. The van der Waals surface area contributed by atoms with Crippen molar-refractivity contribution in [3.05, 3.63) is 66.1 Å². The fourth-order valence-corrected chi connectivity index (χ4v) is 3.84. The van der Waals surface area contributed by atoms with Crippen LogP contribution in [0.25, 0.3) is 16.9 Å². The number of carbonyl (C=O) groups excluding carboxylic acids is 1. The molecule has 1 aromatic heterocycles. The monoisotopic (exact) mass is 425 g/mol. The first-order valence-electron chi connectivity index (χ1n) is 10.3. The van der Waals surface area contributed by atoms with E-state index in [9.17, 15) is 9.18 Å². The van der Waals surface area contributed by atoms with Gasteiger partial charge in [-0.1, -0.05) is 12.1 Å². The molecule has 4 rings (SSSR count). The Morgan fingerprint density at radius 3 is 2.61 bits per heavy atom. The Labute approximate surface area is 180 Å². The maximum atomic E-state index is 13.4. The second-order valence-corrected chi connectivity index (χ2v) is 7.56. The van der Waals surface area contributed by atoms with E-state index in [1.54, 1.807) is 30.1 Å². The molecule has 0 saturated carbocycles. The number of hydrogen-bond acceptors (Lipinski definition) is 4. The largest absolute Gasteiger partial charge is 0.497 e. The maximum absolute atomic E-state index is 13.4. The molecule has 0 bridgehead atoms. The summed E-state index contributed by atoms with van der Waals surface area (Å²) in [6.45, 7) is 3.67. The number of aliphatic hydroxyl groups is 1. The van der Waals surface area contributed by atoms with Crippen molar-refractivity contribution in [2.24, 2.45) is 0 Å². The van der Waals surface area contributed by atoms with Crippen molar-refractivity contribution in [3.63, 3.8) is 0 Å². The molecule has 31 heavy (non-hydrogen) atoms. The summed E-state index contributed by atoms with van der Waals surface area (Å²) in [5.41, 5.74) is 2.48. The topological polar surface area (TPSA) is 72.0 Å². The standard InChI is InChI=1S/C23H25FN4O3/c1-31-20-4-2-3-17(15-20)22-21(16-28(25-22)19-7-5-18(24)6-8-19)23(30)27-11-9-26(10-12-27)13-14-29/h2-8,15-16,29H,9-14H2,1H3/p+1. The molecule has 0 aliphatic carbocycles. The molecule has 1 amide bonds. The Bertz CT molecular complexity index is 1040. The van der Waals surface area contributed by atoms with E-state index in [1.807, 2.05) is 29.2 Å². The Morgan fingerprint density at radius 1 is 1.19 bits per heavy atom. The molecule has 2 aromatic carbocycles. The van der Waals surface area contributed by atoms with Crippen molar-refractivity contribution >= 4 is 5.91 Å². The first kappa shape index (κ1) is 21.0. The number of piperazine rings is 1. The van der Waals surface area contributed by atoms with Crippen LogP contribution in [0, 0.1) is 5.82 Å². The molecular formula is C23H26FN4O3+. The number of hydrogen-bond donors (Lipinski definition) is 2. The van der Waals surface area contributed by atoms with Gasteiger partial charge in [0.1, 0.15) is 23.8 Å². The van der Waals surface area contributed by atoms with Gasteiger partial charge in [-0.3, -0.25) is 4.79 Å². The molecular weight excluding hydrogens is 399 g/mol. The molecule has 2 N–H and O–H groups in total. The molecule has 1 aliphatic heterocycles. The van der Waals surface area contributed by atoms with Crippen LogP contribution in [0.3, 0.4) is 0 Å². The molecule has 3 aromatic rings. The number of carbonyl (C=O) groups is 1. The lowest BCUT2D eigenvalue weighted by molar-refractivity contribution is -0.904. The zero-order chi connectivity index (χ0) is 21.8. The summed E-state index contributed by atoms with van der Waals surface area (Å²) in [5, 5.41) is 13.8. The van der Waals surface area contributed by atoms with Crippen LogP contribution < -0.4 is 9.64 Å². The minimum absolute atomic E-state index is 0.0887. The Kier molecular flexibility index (Phi) is 6.29. The third kappa shape index (κ3) is 4.60. The van der Waals surface area contributed by atoms with E-state index >= 15 is 0 Å². The molecule has 162 valence electrons. The number of methoxy groups -OCH3 is 1. The van der Waals surface area contributed by atoms with Crippen molar-refractivity contribution in [1.29, 1.82) is 0 Å². The molecule has 7 nitrogen and oxygen atoms in total. The number of nitrogens with one attached hydrogen (secondary N) is 1. The van der Waals surface area contributed by atoms with Gasteiger partial charge in [-0.15, -0.1) is 0 Å². The van der Waals surface area contributed by atoms with E-state index < -0.39 is 0 Å². The van der Waals surface area contributed by atoms with Crippen LogP contribution in [0.15, 0.2) is 54.7 Å². The molecule has 1 saturated heterocycles. The summed E-state index contributed by atoms with van der Waals surface area (Å²) < 4.78 is 20.3. The van der Waals surface area contributed by atoms with Gasteiger partial charge >= 0.3 is 0 Å². The van der Waals surface area contributed by atoms with Crippen LogP contribution >= 0.6 is 0 Å². The van der Waals surface area contributed by atoms with Crippen LogP contribution in [0.4, 0.5) is 4.39 Å². The lowest BCUT2D eigenvalue weighted by Crippen LogP contribution is -3.15. The molecule has 2 heterocycles. The molecule has 0 spiro atoms. The molecule has 0 unspecified atom stereocenters. The molecule has 8 heteroatoms.